The second kappa shape index (κ2) is 3.46. The molecule has 0 spiro atoms. The van der Waals surface area contributed by atoms with Crippen LogP contribution in [-0.4, -0.2) is 10.1 Å². The molecular weight excluding hydrogens is 160 g/mol. The zero-order valence-electron chi connectivity index (χ0n) is 6.11. The van der Waals surface area contributed by atoms with Crippen molar-refractivity contribution in [3.8, 4) is 6.07 Å². The molecule has 0 aliphatic rings. The maximum absolute atomic E-state index is 9.02. The normalized spacial score (nSPS) is 12.5. The third-order valence-electron chi connectivity index (χ3n) is 1.27. The van der Waals surface area contributed by atoms with Gasteiger partial charge in [0.25, 0.3) is 0 Å². The molecule has 1 unspecified atom stereocenters. The highest BCUT2D eigenvalue weighted by Gasteiger charge is 2.08. The smallest absolute Gasteiger partial charge is 0.183 e. The minimum Gasteiger partial charge on any atom is -0.373 e. The number of hydrogen-bond donors (Lipinski definition) is 1. The van der Waals surface area contributed by atoms with Gasteiger partial charge in [-0.05, 0) is 6.42 Å². The zero-order chi connectivity index (χ0) is 8.27. The fourth-order valence-corrected chi connectivity index (χ4v) is 1.44. The Morgan fingerprint density at radius 2 is 2.64 bits per heavy atom. The lowest BCUT2D eigenvalue weighted by atomic mass is 10.3. The van der Waals surface area contributed by atoms with E-state index in [1.54, 1.807) is 11.4 Å². The van der Waals surface area contributed by atoms with Crippen LogP contribution in [0.25, 0.3) is 0 Å². The van der Waals surface area contributed by atoms with Crippen molar-refractivity contribution in [2.24, 2.45) is 0 Å². The number of aliphatic hydroxyl groups is 1. The van der Waals surface area contributed by atoms with Gasteiger partial charge in [0.2, 0.25) is 0 Å². The lowest BCUT2D eigenvalue weighted by molar-refractivity contribution is 0.231. The van der Waals surface area contributed by atoms with Crippen molar-refractivity contribution in [1.29, 1.82) is 5.26 Å². The summed E-state index contributed by atoms with van der Waals surface area (Å²) in [7, 11) is 0. The summed E-state index contributed by atoms with van der Waals surface area (Å²) in [5, 5.41) is 20.0. The number of thiazole rings is 1. The SMILES string of the molecule is CCc1nc(C(O)C#N)cs1. The van der Waals surface area contributed by atoms with Gasteiger partial charge in [-0.2, -0.15) is 5.26 Å². The first-order valence-corrected chi connectivity index (χ1v) is 4.18. The number of nitrogens with zero attached hydrogens (tertiary/aromatic N) is 2. The summed E-state index contributed by atoms with van der Waals surface area (Å²) in [6.45, 7) is 1.99. The van der Waals surface area contributed by atoms with E-state index in [0.29, 0.717) is 5.69 Å². The van der Waals surface area contributed by atoms with Crippen LogP contribution in [0.15, 0.2) is 5.38 Å². The second-order valence-electron chi connectivity index (χ2n) is 2.05. The summed E-state index contributed by atoms with van der Waals surface area (Å²) in [5.74, 6) is 0. The molecule has 1 rings (SSSR count). The van der Waals surface area contributed by atoms with Crippen molar-refractivity contribution in [3.63, 3.8) is 0 Å². The van der Waals surface area contributed by atoms with Crippen LogP contribution in [-0.2, 0) is 6.42 Å². The molecule has 0 saturated heterocycles. The number of aryl methyl sites for hydroxylation is 1. The Balaban J connectivity index is 2.82. The molecule has 0 saturated carbocycles. The van der Waals surface area contributed by atoms with Gasteiger partial charge in [0.15, 0.2) is 6.10 Å². The number of aliphatic hydroxyl groups excluding tert-OH is 1. The zero-order valence-corrected chi connectivity index (χ0v) is 6.93. The molecule has 1 aromatic heterocycles. The van der Waals surface area contributed by atoms with Crippen molar-refractivity contribution in [2.75, 3.05) is 0 Å². The highest BCUT2D eigenvalue weighted by Crippen LogP contribution is 2.15. The molecule has 0 fully saturated rings. The van der Waals surface area contributed by atoms with E-state index in [1.807, 2.05) is 6.92 Å². The van der Waals surface area contributed by atoms with E-state index in [-0.39, 0.29) is 0 Å². The first-order chi connectivity index (χ1) is 5.27. The Labute approximate surface area is 68.9 Å². The van der Waals surface area contributed by atoms with E-state index in [4.69, 9.17) is 10.4 Å². The first kappa shape index (κ1) is 8.18. The molecule has 1 heterocycles. The number of aromatic nitrogens is 1. The Morgan fingerprint density at radius 1 is 1.91 bits per heavy atom. The van der Waals surface area contributed by atoms with E-state index < -0.39 is 6.10 Å². The average molecular weight is 168 g/mol. The topological polar surface area (TPSA) is 56.9 Å². The fraction of sp³-hybridized carbons (Fsp3) is 0.429. The molecule has 58 valence electrons. The third kappa shape index (κ3) is 1.76. The van der Waals surface area contributed by atoms with Crippen LogP contribution in [0.2, 0.25) is 0 Å². The molecule has 1 aromatic rings. The molecular formula is C7H8N2OS. The van der Waals surface area contributed by atoms with Crippen LogP contribution in [0.1, 0.15) is 23.7 Å². The van der Waals surface area contributed by atoms with E-state index >= 15 is 0 Å². The van der Waals surface area contributed by atoms with Crippen molar-refractivity contribution in [1.82, 2.24) is 4.98 Å². The molecule has 1 N–H and O–H groups in total. The number of hydrogen-bond acceptors (Lipinski definition) is 4. The molecule has 0 radical (unpaired) electrons. The first-order valence-electron chi connectivity index (χ1n) is 3.30. The van der Waals surface area contributed by atoms with Crippen molar-refractivity contribution in [3.05, 3.63) is 16.1 Å². The van der Waals surface area contributed by atoms with Crippen molar-refractivity contribution in [2.45, 2.75) is 19.4 Å². The number of nitriles is 1. The standard InChI is InChI=1S/C7H8N2OS/c1-2-7-9-5(4-11-7)6(10)3-8/h4,6,10H,2H2,1H3. The average Bonchev–Trinajstić information content (AvgIpc) is 2.50. The van der Waals surface area contributed by atoms with E-state index in [9.17, 15) is 0 Å². The molecule has 4 heteroatoms. The molecule has 11 heavy (non-hydrogen) atoms. The predicted octanol–water partition coefficient (Wildman–Crippen LogP) is 1.26. The van der Waals surface area contributed by atoms with E-state index in [1.165, 1.54) is 11.3 Å². The maximum Gasteiger partial charge on any atom is 0.183 e. The van der Waals surface area contributed by atoms with Crippen LogP contribution in [0.4, 0.5) is 0 Å². The highest BCUT2D eigenvalue weighted by molar-refractivity contribution is 7.09. The molecule has 0 aromatic carbocycles. The van der Waals surface area contributed by atoms with Gasteiger partial charge in [-0.1, -0.05) is 6.92 Å². The summed E-state index contributed by atoms with van der Waals surface area (Å²) in [6.07, 6.45) is -0.213. The Bertz CT molecular complexity index is 276. The summed E-state index contributed by atoms with van der Waals surface area (Å²) in [6, 6.07) is 1.72. The highest BCUT2D eigenvalue weighted by atomic mass is 32.1. The van der Waals surface area contributed by atoms with Crippen LogP contribution < -0.4 is 0 Å². The molecule has 0 amide bonds. The Morgan fingerprint density at radius 3 is 3.09 bits per heavy atom. The van der Waals surface area contributed by atoms with E-state index in [2.05, 4.69) is 4.98 Å². The van der Waals surface area contributed by atoms with E-state index in [0.717, 1.165) is 11.4 Å². The molecule has 3 nitrogen and oxygen atoms in total. The summed E-state index contributed by atoms with van der Waals surface area (Å²) < 4.78 is 0. The van der Waals surface area contributed by atoms with Gasteiger partial charge in [0.05, 0.1) is 10.7 Å². The predicted molar refractivity (Wildman–Crippen MR) is 42.1 cm³/mol. The summed E-state index contributed by atoms with van der Waals surface area (Å²) in [4.78, 5) is 4.05. The van der Waals surface area contributed by atoms with Crippen LogP contribution >= 0.6 is 11.3 Å². The minimum atomic E-state index is -1.06. The molecule has 0 aliphatic carbocycles. The van der Waals surface area contributed by atoms with Gasteiger partial charge in [0, 0.05) is 5.38 Å². The number of rotatable bonds is 2. The molecule has 0 bridgehead atoms. The second-order valence-corrected chi connectivity index (χ2v) is 2.99. The van der Waals surface area contributed by atoms with Gasteiger partial charge < -0.3 is 5.11 Å². The van der Waals surface area contributed by atoms with Crippen LogP contribution in [0, 0.1) is 11.3 Å². The van der Waals surface area contributed by atoms with Gasteiger partial charge in [-0.3, -0.25) is 0 Å². The lowest BCUT2D eigenvalue weighted by Crippen LogP contribution is -1.93. The quantitative estimate of drug-likeness (QED) is 0.676. The minimum absolute atomic E-state index is 0.467. The molecule has 1 atom stereocenters. The van der Waals surface area contributed by atoms with Gasteiger partial charge in [-0.15, -0.1) is 11.3 Å². The van der Waals surface area contributed by atoms with Crippen molar-refractivity contribution >= 4 is 11.3 Å². The lowest BCUT2D eigenvalue weighted by Gasteiger charge is -1.92. The Kier molecular flexibility index (Phi) is 2.58. The van der Waals surface area contributed by atoms with Crippen LogP contribution in [0.3, 0.4) is 0 Å². The summed E-state index contributed by atoms with van der Waals surface area (Å²) >= 11 is 1.47. The monoisotopic (exact) mass is 168 g/mol. The third-order valence-corrected chi connectivity index (χ3v) is 2.29. The fourth-order valence-electron chi connectivity index (χ4n) is 0.679. The van der Waals surface area contributed by atoms with Crippen molar-refractivity contribution < 1.29 is 5.11 Å². The Hall–Kier alpha value is -0.920. The van der Waals surface area contributed by atoms with Gasteiger partial charge in [0.1, 0.15) is 6.07 Å². The summed E-state index contributed by atoms with van der Waals surface area (Å²) in [5.41, 5.74) is 0.467. The van der Waals surface area contributed by atoms with Gasteiger partial charge >= 0.3 is 0 Å². The molecule has 0 aliphatic heterocycles. The largest absolute Gasteiger partial charge is 0.373 e. The van der Waals surface area contributed by atoms with Crippen LogP contribution in [0.5, 0.6) is 0 Å². The maximum atomic E-state index is 9.02. The van der Waals surface area contributed by atoms with Gasteiger partial charge in [-0.25, -0.2) is 4.98 Å².